The number of nitrogens with one attached hydrogen (secondary N) is 1. The summed E-state index contributed by atoms with van der Waals surface area (Å²) in [6.45, 7) is 0.558. The van der Waals surface area contributed by atoms with E-state index in [-0.39, 0.29) is 30.8 Å². The molecule has 4 rings (SSSR count). The summed E-state index contributed by atoms with van der Waals surface area (Å²) in [5, 5.41) is 3.19. The van der Waals surface area contributed by atoms with E-state index in [0.717, 1.165) is 11.3 Å². The molecule has 29 heavy (non-hydrogen) atoms. The molecule has 1 aromatic heterocycles. The standard InChI is InChI=1S/C21H21FN4O3/c22-15-8-6-14(7-9-15)18(27)13-25-17-5-3-11-24-19(17)20(28)26(21(25)29)12-16-4-1-2-10-23-16/h1-2,4,6-10,17,19,24H,3,5,11-13H2. The highest BCUT2D eigenvalue weighted by Gasteiger charge is 2.47. The number of Topliss-reactive ketones (excluding diaryl/α,β-unsaturated/α-hetero) is 1. The Labute approximate surface area is 167 Å². The number of urea groups is 1. The summed E-state index contributed by atoms with van der Waals surface area (Å²) < 4.78 is 13.2. The van der Waals surface area contributed by atoms with Crippen LogP contribution in [-0.4, -0.2) is 57.7 Å². The van der Waals surface area contributed by atoms with Crippen LogP contribution in [0.25, 0.3) is 0 Å². The molecular weight excluding hydrogens is 375 g/mol. The Kier molecular flexibility index (Phi) is 5.35. The third kappa shape index (κ3) is 3.88. The van der Waals surface area contributed by atoms with Crippen molar-refractivity contribution in [3.8, 4) is 0 Å². The molecule has 2 aliphatic heterocycles. The minimum atomic E-state index is -0.550. The first-order valence-corrected chi connectivity index (χ1v) is 9.58. The number of hydrogen-bond donors (Lipinski definition) is 1. The second-order valence-corrected chi connectivity index (χ2v) is 7.23. The second-order valence-electron chi connectivity index (χ2n) is 7.23. The number of benzene rings is 1. The van der Waals surface area contributed by atoms with Crippen molar-refractivity contribution >= 4 is 17.7 Å². The van der Waals surface area contributed by atoms with Crippen LogP contribution in [0.5, 0.6) is 0 Å². The molecule has 0 bridgehead atoms. The number of imide groups is 1. The number of piperidine rings is 1. The molecule has 2 fully saturated rings. The fourth-order valence-electron chi connectivity index (χ4n) is 3.88. The van der Waals surface area contributed by atoms with Crippen molar-refractivity contribution in [1.82, 2.24) is 20.1 Å². The van der Waals surface area contributed by atoms with Gasteiger partial charge in [-0.15, -0.1) is 0 Å². The molecule has 3 amide bonds. The lowest BCUT2D eigenvalue weighted by Crippen LogP contribution is -2.69. The van der Waals surface area contributed by atoms with Gasteiger partial charge >= 0.3 is 6.03 Å². The summed E-state index contributed by atoms with van der Waals surface area (Å²) in [6.07, 6.45) is 3.05. The Balaban J connectivity index is 1.59. The number of carbonyl (C=O) groups is 3. The van der Waals surface area contributed by atoms with Crippen LogP contribution < -0.4 is 5.32 Å². The SMILES string of the molecule is O=C(CN1C(=O)N(Cc2ccccn2)C(=O)C2NCCCC21)c1ccc(F)cc1. The Morgan fingerprint density at radius 1 is 1.17 bits per heavy atom. The maximum atomic E-state index is 13.2. The lowest BCUT2D eigenvalue weighted by molar-refractivity contribution is -0.137. The van der Waals surface area contributed by atoms with Gasteiger partial charge in [0.2, 0.25) is 5.91 Å². The number of ketones is 1. The fourth-order valence-corrected chi connectivity index (χ4v) is 3.88. The van der Waals surface area contributed by atoms with Crippen LogP contribution in [0.15, 0.2) is 48.7 Å². The number of amides is 3. The van der Waals surface area contributed by atoms with Gasteiger partial charge in [-0.25, -0.2) is 9.18 Å². The zero-order chi connectivity index (χ0) is 20.4. The highest BCUT2D eigenvalue weighted by atomic mass is 19.1. The molecule has 8 heteroatoms. The number of aromatic nitrogens is 1. The van der Waals surface area contributed by atoms with Crippen molar-refractivity contribution in [2.75, 3.05) is 13.1 Å². The molecule has 0 aliphatic carbocycles. The molecule has 7 nitrogen and oxygen atoms in total. The van der Waals surface area contributed by atoms with Crippen LogP contribution in [0, 0.1) is 5.82 Å². The Bertz CT molecular complexity index is 919. The van der Waals surface area contributed by atoms with Crippen molar-refractivity contribution in [2.24, 2.45) is 0 Å². The quantitative estimate of drug-likeness (QED) is 0.782. The van der Waals surface area contributed by atoms with Gasteiger partial charge in [-0.3, -0.25) is 19.5 Å². The zero-order valence-corrected chi connectivity index (χ0v) is 15.8. The minimum absolute atomic E-state index is 0.0463. The van der Waals surface area contributed by atoms with Gasteiger partial charge in [-0.2, -0.15) is 0 Å². The molecule has 0 spiro atoms. The maximum Gasteiger partial charge on any atom is 0.327 e. The van der Waals surface area contributed by atoms with E-state index in [9.17, 15) is 18.8 Å². The van der Waals surface area contributed by atoms with Gasteiger partial charge in [-0.1, -0.05) is 6.07 Å². The van der Waals surface area contributed by atoms with E-state index in [1.165, 1.54) is 29.2 Å². The molecule has 3 heterocycles. The first-order chi connectivity index (χ1) is 14.0. The van der Waals surface area contributed by atoms with E-state index >= 15 is 0 Å². The van der Waals surface area contributed by atoms with Gasteiger partial charge in [0.1, 0.15) is 11.9 Å². The molecule has 2 aliphatic rings. The highest BCUT2D eigenvalue weighted by Crippen LogP contribution is 2.26. The largest absolute Gasteiger partial charge is 0.327 e. The highest BCUT2D eigenvalue weighted by molar-refractivity contribution is 6.04. The van der Waals surface area contributed by atoms with Crippen LogP contribution in [0.2, 0.25) is 0 Å². The molecule has 2 atom stereocenters. The summed E-state index contributed by atoms with van der Waals surface area (Å²) in [4.78, 5) is 45.7. The van der Waals surface area contributed by atoms with Crippen LogP contribution in [-0.2, 0) is 11.3 Å². The average molecular weight is 396 g/mol. The molecule has 1 aromatic carbocycles. The smallest absolute Gasteiger partial charge is 0.311 e. The predicted molar refractivity (Wildman–Crippen MR) is 102 cm³/mol. The van der Waals surface area contributed by atoms with E-state index in [2.05, 4.69) is 10.3 Å². The second kappa shape index (κ2) is 8.08. The van der Waals surface area contributed by atoms with Gasteiger partial charge in [0.15, 0.2) is 5.78 Å². The van der Waals surface area contributed by atoms with E-state index in [1.807, 2.05) is 0 Å². The molecular formula is C21H21FN4O3. The first-order valence-electron chi connectivity index (χ1n) is 9.58. The molecule has 0 radical (unpaired) electrons. The van der Waals surface area contributed by atoms with Gasteiger partial charge in [0.25, 0.3) is 0 Å². The fraction of sp³-hybridized carbons (Fsp3) is 0.333. The molecule has 0 saturated carbocycles. The lowest BCUT2D eigenvalue weighted by Gasteiger charge is -2.46. The average Bonchev–Trinajstić information content (AvgIpc) is 2.75. The Hall–Kier alpha value is -3.13. The number of fused-ring (bicyclic) bond motifs is 1. The van der Waals surface area contributed by atoms with Gasteiger partial charge in [-0.05, 0) is 55.8 Å². The van der Waals surface area contributed by atoms with Crippen molar-refractivity contribution in [1.29, 1.82) is 0 Å². The third-order valence-electron chi connectivity index (χ3n) is 5.36. The number of halogens is 1. The Morgan fingerprint density at radius 3 is 2.69 bits per heavy atom. The molecule has 2 aromatic rings. The summed E-state index contributed by atoms with van der Waals surface area (Å²) in [7, 11) is 0. The van der Waals surface area contributed by atoms with Crippen LogP contribution in [0.4, 0.5) is 9.18 Å². The summed E-state index contributed by atoms with van der Waals surface area (Å²) in [5.74, 6) is -1.02. The topological polar surface area (TPSA) is 82.6 Å². The van der Waals surface area contributed by atoms with Crippen LogP contribution in [0.3, 0.4) is 0 Å². The van der Waals surface area contributed by atoms with Crippen LogP contribution >= 0.6 is 0 Å². The molecule has 2 saturated heterocycles. The minimum Gasteiger partial charge on any atom is -0.311 e. The predicted octanol–water partition coefficient (Wildman–Crippen LogP) is 1.99. The summed E-state index contributed by atoms with van der Waals surface area (Å²) >= 11 is 0. The molecule has 1 N–H and O–H groups in total. The lowest BCUT2D eigenvalue weighted by atomic mass is 9.93. The van der Waals surface area contributed by atoms with Gasteiger partial charge in [0.05, 0.1) is 24.8 Å². The summed E-state index contributed by atoms with van der Waals surface area (Å²) in [5.41, 5.74) is 0.918. The van der Waals surface area contributed by atoms with E-state index in [4.69, 9.17) is 0 Å². The van der Waals surface area contributed by atoms with Crippen molar-refractivity contribution in [3.63, 3.8) is 0 Å². The Morgan fingerprint density at radius 2 is 1.97 bits per heavy atom. The number of carbonyl (C=O) groups excluding carboxylic acids is 3. The normalized spacial score (nSPS) is 21.8. The number of hydrogen-bond acceptors (Lipinski definition) is 5. The van der Waals surface area contributed by atoms with Crippen molar-refractivity contribution in [2.45, 2.75) is 31.5 Å². The van der Waals surface area contributed by atoms with E-state index in [0.29, 0.717) is 24.2 Å². The van der Waals surface area contributed by atoms with E-state index in [1.54, 1.807) is 24.4 Å². The third-order valence-corrected chi connectivity index (χ3v) is 5.36. The van der Waals surface area contributed by atoms with E-state index < -0.39 is 17.9 Å². The monoisotopic (exact) mass is 396 g/mol. The van der Waals surface area contributed by atoms with Crippen LogP contribution in [0.1, 0.15) is 28.9 Å². The number of pyridine rings is 1. The number of nitrogens with zero attached hydrogens (tertiary/aromatic N) is 3. The van der Waals surface area contributed by atoms with Crippen molar-refractivity contribution in [3.05, 3.63) is 65.7 Å². The van der Waals surface area contributed by atoms with Gasteiger partial charge < -0.3 is 10.2 Å². The zero-order valence-electron chi connectivity index (χ0n) is 15.8. The first kappa shape index (κ1) is 19.2. The summed E-state index contributed by atoms with van der Waals surface area (Å²) in [6, 6.07) is 9.10. The maximum absolute atomic E-state index is 13.2. The molecule has 150 valence electrons. The van der Waals surface area contributed by atoms with Gasteiger partial charge in [0, 0.05) is 11.8 Å². The number of rotatable bonds is 5. The van der Waals surface area contributed by atoms with Crippen molar-refractivity contribution < 1.29 is 18.8 Å². The molecule has 2 unspecified atom stereocenters.